The number of nitrogens with one attached hydrogen (secondary N) is 1. The lowest BCUT2D eigenvalue weighted by atomic mass is 9.89. The monoisotopic (exact) mass is 235 g/mol. The first-order valence-corrected chi connectivity index (χ1v) is 6.11. The van der Waals surface area contributed by atoms with E-state index in [-0.39, 0.29) is 5.54 Å². The molecule has 17 heavy (non-hydrogen) atoms. The van der Waals surface area contributed by atoms with Gasteiger partial charge in [-0.3, -0.25) is 0 Å². The molecule has 1 unspecified atom stereocenters. The Morgan fingerprint density at radius 3 is 2.76 bits per heavy atom. The Hall–Kier alpha value is -1.06. The minimum Gasteiger partial charge on any atom is -0.496 e. The summed E-state index contributed by atoms with van der Waals surface area (Å²) >= 11 is 0. The van der Waals surface area contributed by atoms with Crippen molar-refractivity contribution in [2.24, 2.45) is 0 Å². The molecule has 1 aromatic carbocycles. The van der Waals surface area contributed by atoms with Gasteiger partial charge in [-0.2, -0.15) is 0 Å². The van der Waals surface area contributed by atoms with E-state index in [1.807, 2.05) is 6.07 Å². The van der Waals surface area contributed by atoms with Gasteiger partial charge >= 0.3 is 0 Å². The molecule has 1 atom stereocenters. The smallest absolute Gasteiger partial charge is 0.124 e. The molecule has 3 heteroatoms. The molecule has 1 saturated heterocycles. The van der Waals surface area contributed by atoms with Crippen LogP contribution in [0.2, 0.25) is 0 Å². The van der Waals surface area contributed by atoms with Crippen LogP contribution in [0.25, 0.3) is 0 Å². The highest BCUT2D eigenvalue weighted by atomic mass is 16.5. The average Bonchev–Trinajstić information content (AvgIpc) is 2.78. The molecule has 94 valence electrons. The van der Waals surface area contributed by atoms with E-state index in [0.29, 0.717) is 6.61 Å². The predicted octanol–water partition coefficient (Wildman–Crippen LogP) is 2.44. The molecule has 2 rings (SSSR count). The molecule has 1 N–H and O–H groups in total. The molecule has 1 aliphatic rings. The molecule has 0 aliphatic carbocycles. The van der Waals surface area contributed by atoms with E-state index in [2.05, 4.69) is 24.4 Å². The molecule has 0 aromatic heterocycles. The van der Waals surface area contributed by atoms with Gasteiger partial charge in [-0.05, 0) is 44.0 Å². The van der Waals surface area contributed by atoms with Crippen molar-refractivity contribution in [2.45, 2.75) is 31.9 Å². The number of methoxy groups -OCH3 is 2. The Bertz CT molecular complexity index is 384. The fourth-order valence-electron chi connectivity index (χ4n) is 2.53. The van der Waals surface area contributed by atoms with E-state index in [9.17, 15) is 0 Å². The fraction of sp³-hybridized carbons (Fsp3) is 0.571. The molecule has 1 aliphatic heterocycles. The van der Waals surface area contributed by atoms with Gasteiger partial charge in [0.1, 0.15) is 5.75 Å². The van der Waals surface area contributed by atoms with Gasteiger partial charge < -0.3 is 14.8 Å². The summed E-state index contributed by atoms with van der Waals surface area (Å²) in [6.45, 7) is 3.95. The first-order valence-electron chi connectivity index (χ1n) is 6.11. The number of hydrogen-bond acceptors (Lipinski definition) is 3. The molecule has 0 saturated carbocycles. The third kappa shape index (κ3) is 2.45. The Kier molecular flexibility index (Phi) is 3.69. The lowest BCUT2D eigenvalue weighted by Gasteiger charge is -2.26. The van der Waals surface area contributed by atoms with Gasteiger partial charge in [0.2, 0.25) is 0 Å². The molecular weight excluding hydrogens is 214 g/mol. The Morgan fingerprint density at radius 1 is 1.35 bits per heavy atom. The van der Waals surface area contributed by atoms with Gasteiger partial charge in [0.05, 0.1) is 13.7 Å². The third-order valence-corrected chi connectivity index (χ3v) is 3.59. The van der Waals surface area contributed by atoms with Crippen LogP contribution in [-0.4, -0.2) is 20.8 Å². The van der Waals surface area contributed by atoms with Gasteiger partial charge in [-0.25, -0.2) is 0 Å². The van der Waals surface area contributed by atoms with Crippen molar-refractivity contribution in [2.75, 3.05) is 20.8 Å². The van der Waals surface area contributed by atoms with Crippen LogP contribution in [0.3, 0.4) is 0 Å². The minimum absolute atomic E-state index is 0.106. The second kappa shape index (κ2) is 5.07. The zero-order valence-corrected chi connectivity index (χ0v) is 10.9. The van der Waals surface area contributed by atoms with Crippen LogP contribution in [-0.2, 0) is 16.9 Å². The van der Waals surface area contributed by atoms with Crippen LogP contribution in [0.4, 0.5) is 0 Å². The molecule has 1 aromatic rings. The first-order chi connectivity index (χ1) is 8.19. The highest BCUT2D eigenvalue weighted by Crippen LogP contribution is 2.33. The van der Waals surface area contributed by atoms with E-state index < -0.39 is 0 Å². The third-order valence-electron chi connectivity index (χ3n) is 3.59. The maximum Gasteiger partial charge on any atom is 0.124 e. The van der Waals surface area contributed by atoms with Crippen LogP contribution in [0.5, 0.6) is 5.75 Å². The number of rotatable bonds is 4. The highest BCUT2D eigenvalue weighted by molar-refractivity contribution is 5.40. The second-order valence-corrected chi connectivity index (χ2v) is 4.82. The summed E-state index contributed by atoms with van der Waals surface area (Å²) < 4.78 is 10.6. The first kappa shape index (κ1) is 12.4. The van der Waals surface area contributed by atoms with Gasteiger partial charge in [0, 0.05) is 18.2 Å². The minimum atomic E-state index is 0.106. The fourth-order valence-corrected chi connectivity index (χ4v) is 2.53. The van der Waals surface area contributed by atoms with Gasteiger partial charge in [-0.15, -0.1) is 0 Å². The molecule has 0 radical (unpaired) electrons. The topological polar surface area (TPSA) is 30.5 Å². The molecule has 1 heterocycles. The summed E-state index contributed by atoms with van der Waals surface area (Å²) in [5, 5.41) is 3.57. The SMILES string of the molecule is COCc1cc(C2(C)CCCN2)ccc1OC. The highest BCUT2D eigenvalue weighted by Gasteiger charge is 2.30. The summed E-state index contributed by atoms with van der Waals surface area (Å²) in [4.78, 5) is 0. The quantitative estimate of drug-likeness (QED) is 0.869. The van der Waals surface area contributed by atoms with Crippen molar-refractivity contribution in [3.05, 3.63) is 29.3 Å². The summed E-state index contributed by atoms with van der Waals surface area (Å²) in [6.07, 6.45) is 2.42. The van der Waals surface area contributed by atoms with Crippen molar-refractivity contribution in [3.8, 4) is 5.75 Å². The number of benzene rings is 1. The Morgan fingerprint density at radius 2 is 2.18 bits per heavy atom. The average molecular weight is 235 g/mol. The zero-order valence-electron chi connectivity index (χ0n) is 10.9. The lowest BCUT2D eigenvalue weighted by Crippen LogP contribution is -2.33. The van der Waals surface area contributed by atoms with Crippen molar-refractivity contribution in [1.29, 1.82) is 0 Å². The van der Waals surface area contributed by atoms with Crippen LogP contribution in [0.1, 0.15) is 30.9 Å². The second-order valence-electron chi connectivity index (χ2n) is 4.82. The molecule has 0 bridgehead atoms. The summed E-state index contributed by atoms with van der Waals surface area (Å²) in [5.74, 6) is 0.900. The van der Waals surface area contributed by atoms with Gasteiger partial charge in [0.25, 0.3) is 0 Å². The van der Waals surface area contributed by atoms with Crippen molar-refractivity contribution in [1.82, 2.24) is 5.32 Å². The van der Waals surface area contributed by atoms with E-state index in [1.165, 1.54) is 18.4 Å². The maximum absolute atomic E-state index is 5.35. The number of hydrogen-bond donors (Lipinski definition) is 1. The molecular formula is C14H21NO2. The zero-order chi connectivity index (χ0) is 12.3. The van der Waals surface area contributed by atoms with E-state index >= 15 is 0 Å². The Balaban J connectivity index is 2.32. The standard InChI is InChI=1S/C14H21NO2/c1-14(7-4-8-15-14)12-5-6-13(17-3)11(9-12)10-16-2/h5-6,9,15H,4,7-8,10H2,1-3H3. The van der Waals surface area contributed by atoms with Crippen LogP contribution < -0.4 is 10.1 Å². The summed E-state index contributed by atoms with van der Waals surface area (Å²) in [7, 11) is 3.41. The summed E-state index contributed by atoms with van der Waals surface area (Å²) in [5.41, 5.74) is 2.54. The summed E-state index contributed by atoms with van der Waals surface area (Å²) in [6, 6.07) is 6.38. The van der Waals surface area contributed by atoms with Crippen molar-refractivity contribution < 1.29 is 9.47 Å². The molecule has 1 fully saturated rings. The van der Waals surface area contributed by atoms with E-state index in [1.54, 1.807) is 14.2 Å². The van der Waals surface area contributed by atoms with Crippen LogP contribution in [0.15, 0.2) is 18.2 Å². The normalized spacial score (nSPS) is 23.9. The number of ether oxygens (including phenoxy) is 2. The maximum atomic E-state index is 5.35. The van der Waals surface area contributed by atoms with Crippen LogP contribution in [0, 0.1) is 0 Å². The lowest BCUT2D eigenvalue weighted by molar-refractivity contribution is 0.181. The van der Waals surface area contributed by atoms with Crippen molar-refractivity contribution >= 4 is 0 Å². The molecule has 0 amide bonds. The van der Waals surface area contributed by atoms with Gasteiger partial charge in [-0.1, -0.05) is 6.07 Å². The van der Waals surface area contributed by atoms with Crippen molar-refractivity contribution in [3.63, 3.8) is 0 Å². The van der Waals surface area contributed by atoms with E-state index in [4.69, 9.17) is 9.47 Å². The largest absolute Gasteiger partial charge is 0.496 e. The molecule has 0 spiro atoms. The van der Waals surface area contributed by atoms with Crippen LogP contribution >= 0.6 is 0 Å². The Labute approximate surface area is 103 Å². The van der Waals surface area contributed by atoms with Gasteiger partial charge in [0.15, 0.2) is 0 Å². The van der Waals surface area contributed by atoms with E-state index in [0.717, 1.165) is 17.9 Å². The molecule has 3 nitrogen and oxygen atoms in total. The predicted molar refractivity (Wildman–Crippen MR) is 68.3 cm³/mol.